The van der Waals surface area contributed by atoms with E-state index in [1.165, 1.54) is 19.2 Å². The van der Waals surface area contributed by atoms with Crippen molar-refractivity contribution in [3.05, 3.63) is 53.6 Å². The van der Waals surface area contributed by atoms with Gasteiger partial charge in [0.25, 0.3) is 5.91 Å². The summed E-state index contributed by atoms with van der Waals surface area (Å²) in [4.78, 5) is 24.2. The van der Waals surface area contributed by atoms with E-state index in [9.17, 15) is 19.8 Å². The van der Waals surface area contributed by atoms with Gasteiger partial charge in [0.05, 0.1) is 13.7 Å². The molecule has 0 saturated carbocycles. The number of carboxylic acids is 1. The second-order valence-electron chi connectivity index (χ2n) is 6.66. The Kier molecular flexibility index (Phi) is 8.33. The Morgan fingerprint density at radius 1 is 1.07 bits per heavy atom. The lowest BCUT2D eigenvalue weighted by Crippen LogP contribution is -2.42. The number of phenolic OH excluding ortho intramolecular Hbond substituents is 1. The summed E-state index contributed by atoms with van der Waals surface area (Å²) in [5.41, 5.74) is 0.971. The van der Waals surface area contributed by atoms with Gasteiger partial charge in [-0.05, 0) is 42.3 Å². The van der Waals surface area contributed by atoms with Gasteiger partial charge >= 0.3 is 5.97 Å². The maximum absolute atomic E-state index is 12.6. The largest absolute Gasteiger partial charge is 0.508 e. The van der Waals surface area contributed by atoms with Crippen molar-refractivity contribution in [1.82, 2.24) is 5.32 Å². The van der Waals surface area contributed by atoms with Crippen LogP contribution in [-0.4, -0.2) is 41.8 Å². The van der Waals surface area contributed by atoms with Crippen molar-refractivity contribution in [2.45, 2.75) is 38.6 Å². The molecule has 0 radical (unpaired) electrons. The smallest absolute Gasteiger partial charge is 0.326 e. The van der Waals surface area contributed by atoms with E-state index >= 15 is 0 Å². The molecule has 0 heterocycles. The summed E-state index contributed by atoms with van der Waals surface area (Å²) < 4.78 is 11.0. The van der Waals surface area contributed by atoms with Crippen LogP contribution in [0.25, 0.3) is 0 Å². The summed E-state index contributed by atoms with van der Waals surface area (Å²) >= 11 is 0. The molecule has 7 heteroatoms. The zero-order chi connectivity index (χ0) is 21.2. The van der Waals surface area contributed by atoms with Crippen molar-refractivity contribution in [3.63, 3.8) is 0 Å². The lowest BCUT2D eigenvalue weighted by molar-refractivity contribution is -0.139. The number of phenols is 1. The predicted octanol–water partition coefficient (Wildman–Crippen LogP) is 3.40. The van der Waals surface area contributed by atoms with Crippen LogP contribution >= 0.6 is 0 Å². The number of hydrogen-bond donors (Lipinski definition) is 3. The number of unbranched alkanes of at least 4 members (excludes halogenated alkanes) is 2. The van der Waals surface area contributed by atoms with Gasteiger partial charge in [0.15, 0.2) is 11.5 Å². The number of hydrogen-bond acceptors (Lipinski definition) is 5. The van der Waals surface area contributed by atoms with Gasteiger partial charge in [0.1, 0.15) is 11.8 Å². The molecule has 7 nitrogen and oxygen atoms in total. The van der Waals surface area contributed by atoms with E-state index in [4.69, 9.17) is 9.47 Å². The molecule has 156 valence electrons. The first-order valence-electron chi connectivity index (χ1n) is 9.57. The monoisotopic (exact) mass is 401 g/mol. The van der Waals surface area contributed by atoms with Crippen molar-refractivity contribution >= 4 is 11.9 Å². The summed E-state index contributed by atoms with van der Waals surface area (Å²) in [6.07, 6.45) is 3.10. The van der Waals surface area contributed by atoms with Crippen LogP contribution in [0.3, 0.4) is 0 Å². The number of ether oxygens (including phenoxy) is 2. The average Bonchev–Trinajstić information content (AvgIpc) is 2.72. The number of methoxy groups -OCH3 is 1. The van der Waals surface area contributed by atoms with Gasteiger partial charge in [0, 0.05) is 12.0 Å². The molecule has 3 N–H and O–H groups in total. The summed E-state index contributed by atoms with van der Waals surface area (Å²) in [5, 5.41) is 21.4. The first-order chi connectivity index (χ1) is 13.9. The van der Waals surface area contributed by atoms with Crippen molar-refractivity contribution < 1.29 is 29.3 Å². The lowest BCUT2D eigenvalue weighted by Gasteiger charge is -2.16. The number of carboxylic acid groups (broad SMARTS) is 1. The van der Waals surface area contributed by atoms with Gasteiger partial charge in [-0.3, -0.25) is 4.79 Å². The Morgan fingerprint density at radius 2 is 1.79 bits per heavy atom. The van der Waals surface area contributed by atoms with Crippen LogP contribution in [0.4, 0.5) is 0 Å². The predicted molar refractivity (Wildman–Crippen MR) is 109 cm³/mol. The molecular weight excluding hydrogens is 374 g/mol. The molecule has 29 heavy (non-hydrogen) atoms. The van der Waals surface area contributed by atoms with E-state index < -0.39 is 17.9 Å². The molecule has 0 spiro atoms. The lowest BCUT2D eigenvalue weighted by atomic mass is 10.1. The summed E-state index contributed by atoms with van der Waals surface area (Å²) in [6.45, 7) is 2.61. The second-order valence-corrected chi connectivity index (χ2v) is 6.66. The summed E-state index contributed by atoms with van der Waals surface area (Å²) in [7, 11) is 1.52. The number of amides is 1. The van der Waals surface area contributed by atoms with Crippen LogP contribution in [0.1, 0.15) is 42.1 Å². The number of carbonyl (C=O) groups excluding carboxylic acids is 1. The van der Waals surface area contributed by atoms with E-state index in [-0.39, 0.29) is 17.7 Å². The van der Waals surface area contributed by atoms with Crippen LogP contribution < -0.4 is 14.8 Å². The highest BCUT2D eigenvalue weighted by Gasteiger charge is 2.22. The fourth-order valence-electron chi connectivity index (χ4n) is 2.77. The first kappa shape index (κ1) is 22.1. The maximum Gasteiger partial charge on any atom is 0.326 e. The Balaban J connectivity index is 2.10. The van der Waals surface area contributed by atoms with Gasteiger partial charge in [-0.1, -0.05) is 31.9 Å². The van der Waals surface area contributed by atoms with Gasteiger partial charge in [0.2, 0.25) is 0 Å². The third kappa shape index (κ3) is 6.71. The van der Waals surface area contributed by atoms with Crippen LogP contribution in [0.5, 0.6) is 17.2 Å². The molecule has 2 rings (SSSR count). The first-order valence-corrected chi connectivity index (χ1v) is 9.57. The average molecular weight is 401 g/mol. The van der Waals surface area contributed by atoms with Crippen LogP contribution in [0.2, 0.25) is 0 Å². The van der Waals surface area contributed by atoms with E-state index in [1.54, 1.807) is 30.3 Å². The van der Waals surface area contributed by atoms with Crippen LogP contribution in [0, 0.1) is 0 Å². The van der Waals surface area contributed by atoms with Gasteiger partial charge in [-0.25, -0.2) is 4.79 Å². The molecule has 0 aliphatic rings. The quantitative estimate of drug-likeness (QED) is 0.499. The highest BCUT2D eigenvalue weighted by molar-refractivity contribution is 5.97. The zero-order valence-corrected chi connectivity index (χ0v) is 16.7. The molecule has 1 unspecified atom stereocenters. The van der Waals surface area contributed by atoms with Crippen molar-refractivity contribution in [2.75, 3.05) is 13.7 Å². The molecule has 0 aliphatic carbocycles. The third-order valence-corrected chi connectivity index (χ3v) is 4.41. The fourth-order valence-corrected chi connectivity index (χ4v) is 2.77. The normalized spacial score (nSPS) is 11.5. The number of rotatable bonds is 11. The Bertz CT molecular complexity index is 819. The second kappa shape index (κ2) is 10.9. The molecule has 1 atom stereocenters. The van der Waals surface area contributed by atoms with E-state index in [2.05, 4.69) is 12.2 Å². The number of carbonyl (C=O) groups is 2. The van der Waals surface area contributed by atoms with Gasteiger partial charge in [-0.2, -0.15) is 0 Å². The van der Waals surface area contributed by atoms with Crippen LogP contribution in [0.15, 0.2) is 42.5 Å². The number of benzene rings is 2. The van der Waals surface area contributed by atoms with E-state index in [0.717, 1.165) is 19.3 Å². The van der Waals surface area contributed by atoms with E-state index in [0.29, 0.717) is 23.7 Å². The standard InChI is InChI=1S/C22H27NO6/c1-3-4-5-12-29-20-14-16(8-11-19(20)28-2)21(25)23-18(22(26)27)13-15-6-9-17(24)10-7-15/h6-11,14,18,24H,3-5,12-13H2,1-2H3,(H,23,25)(H,26,27). The van der Waals surface area contributed by atoms with Crippen molar-refractivity contribution in [3.8, 4) is 17.2 Å². The molecule has 2 aromatic carbocycles. The fraction of sp³-hybridized carbons (Fsp3) is 0.364. The molecule has 0 saturated heterocycles. The molecule has 1 amide bonds. The third-order valence-electron chi connectivity index (χ3n) is 4.41. The van der Waals surface area contributed by atoms with Gasteiger partial charge in [-0.15, -0.1) is 0 Å². The molecule has 2 aromatic rings. The summed E-state index contributed by atoms with van der Waals surface area (Å²) in [5.74, 6) is -0.610. The summed E-state index contributed by atoms with van der Waals surface area (Å²) in [6, 6.07) is 9.82. The maximum atomic E-state index is 12.6. The van der Waals surface area contributed by atoms with Crippen LogP contribution in [-0.2, 0) is 11.2 Å². The molecule has 0 aliphatic heterocycles. The topological polar surface area (TPSA) is 105 Å². The molecule has 0 aromatic heterocycles. The minimum atomic E-state index is -1.14. The highest BCUT2D eigenvalue weighted by atomic mass is 16.5. The van der Waals surface area contributed by atoms with Crippen molar-refractivity contribution in [2.24, 2.45) is 0 Å². The van der Waals surface area contributed by atoms with Gasteiger partial charge < -0.3 is 25.0 Å². The molecule has 0 bridgehead atoms. The Labute approximate surface area is 170 Å². The number of nitrogens with one attached hydrogen (secondary N) is 1. The zero-order valence-electron chi connectivity index (χ0n) is 16.7. The minimum absolute atomic E-state index is 0.0920. The number of aromatic hydroxyl groups is 1. The Hall–Kier alpha value is -3.22. The minimum Gasteiger partial charge on any atom is -0.508 e. The Morgan fingerprint density at radius 3 is 2.41 bits per heavy atom. The molecular formula is C22H27NO6. The molecule has 0 fully saturated rings. The SMILES string of the molecule is CCCCCOc1cc(C(=O)NC(Cc2ccc(O)cc2)C(=O)O)ccc1OC. The number of aliphatic carboxylic acids is 1. The van der Waals surface area contributed by atoms with Crippen molar-refractivity contribution in [1.29, 1.82) is 0 Å². The van der Waals surface area contributed by atoms with E-state index in [1.807, 2.05) is 0 Å². The highest BCUT2D eigenvalue weighted by Crippen LogP contribution is 2.28.